The summed E-state index contributed by atoms with van der Waals surface area (Å²) in [5.74, 6) is 0. The lowest BCUT2D eigenvalue weighted by atomic mass is 9.75. The Labute approximate surface area is 306 Å². The fourth-order valence-electron chi connectivity index (χ4n) is 6.50. The van der Waals surface area contributed by atoms with Gasteiger partial charge < -0.3 is 0 Å². The summed E-state index contributed by atoms with van der Waals surface area (Å²) in [6.07, 6.45) is 22.7. The van der Waals surface area contributed by atoms with Crippen LogP contribution in [0.5, 0.6) is 0 Å². The predicted molar refractivity (Wildman–Crippen MR) is 221 cm³/mol. The topological polar surface area (TPSA) is 0 Å². The van der Waals surface area contributed by atoms with Crippen LogP contribution in [0.3, 0.4) is 0 Å². The molecule has 2 heterocycles. The molecule has 1 aliphatic heterocycles. The molecule has 5 aromatic rings. The summed E-state index contributed by atoms with van der Waals surface area (Å²) in [5.41, 5.74) is 10.3. The third-order valence-corrected chi connectivity index (χ3v) is 11.1. The van der Waals surface area contributed by atoms with Crippen LogP contribution >= 0.6 is 23.1 Å². The van der Waals surface area contributed by atoms with Gasteiger partial charge in [0.2, 0.25) is 21.1 Å². The van der Waals surface area contributed by atoms with Gasteiger partial charge in [-0.05, 0) is 88.1 Å². The number of allylic oxidation sites excluding steroid dienone is 11. The average Bonchev–Trinajstić information content (AvgIpc) is 3.15. The first kappa shape index (κ1) is 33.5. The maximum Gasteiger partial charge on any atom is 0.239 e. The normalized spacial score (nSPS) is 16.7. The fraction of sp³-hybridized carbons (Fsp3) is 0.104. The first-order valence-corrected chi connectivity index (χ1v) is 18.9. The summed E-state index contributed by atoms with van der Waals surface area (Å²) in [6, 6.07) is 47.4. The smallest absolute Gasteiger partial charge is 0.0888 e. The lowest BCUT2D eigenvalue weighted by Crippen LogP contribution is -2.16. The van der Waals surface area contributed by atoms with Gasteiger partial charge in [0, 0.05) is 33.1 Å². The second kappa shape index (κ2) is 15.7. The van der Waals surface area contributed by atoms with Crippen molar-refractivity contribution in [3.63, 3.8) is 0 Å². The molecular formula is C48H41S2+. The van der Waals surface area contributed by atoms with Crippen molar-refractivity contribution >= 4 is 39.0 Å². The quantitative estimate of drug-likeness (QED) is 0.147. The third kappa shape index (κ3) is 8.76. The number of hydrogen-bond donors (Lipinski definition) is 0. The van der Waals surface area contributed by atoms with E-state index < -0.39 is 0 Å². The monoisotopic (exact) mass is 681 g/mol. The number of rotatable bonds is 8. The molecule has 4 aromatic carbocycles. The second-order valence-corrected chi connectivity index (χ2v) is 15.7. The second-order valence-electron chi connectivity index (χ2n) is 13.6. The molecule has 50 heavy (non-hydrogen) atoms. The van der Waals surface area contributed by atoms with E-state index in [9.17, 15) is 0 Å². The molecule has 1 aliphatic carbocycles. The van der Waals surface area contributed by atoms with Gasteiger partial charge in [-0.1, -0.05) is 165 Å². The highest BCUT2D eigenvalue weighted by Crippen LogP contribution is 2.44. The molecule has 0 fully saturated rings. The molecule has 0 N–H and O–H groups in total. The Kier molecular flexibility index (Phi) is 10.5. The molecule has 0 saturated carbocycles. The standard InChI is InChI=1S/C48H41S2/c1-48(2)34-38(19-15-17-36-30-44(40-21-7-3-8-22-40)49-45(31-36)41-23-9-4-10-24-41)29-39(35-48)20-16-18-37-32-46(42-25-11-5-12-26-42)50-47(33-37)43-27-13-6-14-28-43/h3-33H,34-35H2,1-2H3/q+1. The maximum absolute atomic E-state index is 2.38. The van der Waals surface area contributed by atoms with Gasteiger partial charge in [0.25, 0.3) is 0 Å². The van der Waals surface area contributed by atoms with Crippen molar-refractivity contribution in [1.82, 2.24) is 0 Å². The zero-order valence-electron chi connectivity index (χ0n) is 28.6. The van der Waals surface area contributed by atoms with E-state index in [-0.39, 0.29) is 5.41 Å². The van der Waals surface area contributed by atoms with Crippen LogP contribution < -0.4 is 0 Å². The van der Waals surface area contributed by atoms with E-state index in [2.05, 4.69) is 202 Å². The Balaban J connectivity index is 1.15. The molecule has 0 spiro atoms. The van der Waals surface area contributed by atoms with Crippen molar-refractivity contribution in [3.05, 3.63) is 215 Å². The highest BCUT2D eigenvalue weighted by Gasteiger charge is 2.24. The number of thioether (sulfide) groups is 1. The van der Waals surface area contributed by atoms with Crippen LogP contribution in [0.2, 0.25) is 0 Å². The van der Waals surface area contributed by atoms with E-state index >= 15 is 0 Å². The number of benzene rings is 4. The molecule has 244 valence electrons. The summed E-state index contributed by atoms with van der Waals surface area (Å²) < 4.78 is 0. The molecule has 2 aliphatic rings. The molecule has 1 aromatic heterocycles. The van der Waals surface area contributed by atoms with Crippen LogP contribution in [0.25, 0.3) is 36.8 Å². The first-order valence-electron chi connectivity index (χ1n) is 17.2. The van der Waals surface area contributed by atoms with E-state index in [0.717, 1.165) is 12.8 Å². The summed E-state index contributed by atoms with van der Waals surface area (Å²) in [5, 5.41) is 0. The fourth-order valence-corrected chi connectivity index (χ4v) is 8.77. The Hall–Kier alpha value is -5.02. The van der Waals surface area contributed by atoms with Crippen LogP contribution in [-0.4, -0.2) is 0 Å². The van der Waals surface area contributed by atoms with E-state index in [1.807, 2.05) is 23.1 Å². The van der Waals surface area contributed by atoms with Gasteiger partial charge in [0.15, 0.2) is 0 Å². The van der Waals surface area contributed by atoms with E-state index in [1.54, 1.807) is 0 Å². The van der Waals surface area contributed by atoms with Crippen molar-refractivity contribution in [2.75, 3.05) is 0 Å². The zero-order chi connectivity index (χ0) is 34.2. The molecular weight excluding hydrogens is 641 g/mol. The van der Waals surface area contributed by atoms with Crippen LogP contribution in [-0.2, 0) is 0 Å². The van der Waals surface area contributed by atoms with Crippen LogP contribution in [0.4, 0.5) is 0 Å². The van der Waals surface area contributed by atoms with Crippen molar-refractivity contribution in [2.45, 2.75) is 26.7 Å². The van der Waals surface area contributed by atoms with Crippen LogP contribution in [0, 0.1) is 5.41 Å². The van der Waals surface area contributed by atoms with Crippen molar-refractivity contribution in [1.29, 1.82) is 0 Å². The van der Waals surface area contributed by atoms with E-state index in [1.165, 1.54) is 64.1 Å². The van der Waals surface area contributed by atoms with Gasteiger partial charge in [-0.2, -0.15) is 0 Å². The van der Waals surface area contributed by atoms with Crippen LogP contribution in [0.15, 0.2) is 199 Å². The van der Waals surface area contributed by atoms with Crippen molar-refractivity contribution in [2.24, 2.45) is 5.41 Å². The van der Waals surface area contributed by atoms with Gasteiger partial charge in [-0.25, -0.2) is 0 Å². The highest BCUT2D eigenvalue weighted by molar-refractivity contribution is 8.16. The lowest BCUT2D eigenvalue weighted by molar-refractivity contribution is 0.355. The van der Waals surface area contributed by atoms with Gasteiger partial charge in [-0.15, -0.1) is 0 Å². The molecule has 0 radical (unpaired) electrons. The van der Waals surface area contributed by atoms with E-state index in [4.69, 9.17) is 0 Å². The van der Waals surface area contributed by atoms with Crippen molar-refractivity contribution in [3.8, 4) is 20.9 Å². The van der Waals surface area contributed by atoms with Gasteiger partial charge in [0.05, 0.1) is 0 Å². The molecule has 0 nitrogen and oxygen atoms in total. The molecule has 7 rings (SSSR count). The number of hydrogen-bond acceptors (Lipinski definition) is 1. The average molecular weight is 682 g/mol. The molecule has 2 heteroatoms. The minimum Gasteiger partial charge on any atom is -0.0888 e. The molecule has 0 amide bonds. The Morgan fingerprint density at radius 3 is 1.54 bits per heavy atom. The van der Waals surface area contributed by atoms with Crippen LogP contribution in [0.1, 0.15) is 43.4 Å². The molecule has 0 atom stereocenters. The molecule has 0 bridgehead atoms. The maximum atomic E-state index is 2.38. The summed E-state index contributed by atoms with van der Waals surface area (Å²) >= 11 is 3.68. The lowest BCUT2D eigenvalue weighted by Gasteiger charge is -2.30. The largest absolute Gasteiger partial charge is 0.239 e. The zero-order valence-corrected chi connectivity index (χ0v) is 30.3. The molecule has 0 unspecified atom stereocenters. The van der Waals surface area contributed by atoms with Gasteiger partial charge >= 0.3 is 0 Å². The van der Waals surface area contributed by atoms with E-state index in [0.29, 0.717) is 0 Å². The molecule has 0 saturated heterocycles. The van der Waals surface area contributed by atoms with Gasteiger partial charge in [0.1, 0.15) is 0 Å². The minimum absolute atomic E-state index is 0.193. The van der Waals surface area contributed by atoms with Gasteiger partial charge in [-0.3, -0.25) is 0 Å². The summed E-state index contributed by atoms with van der Waals surface area (Å²) in [6.45, 7) is 4.76. The Bertz CT molecular complexity index is 2040. The Morgan fingerprint density at radius 1 is 0.540 bits per heavy atom. The highest BCUT2D eigenvalue weighted by atomic mass is 32.2. The third-order valence-electron chi connectivity index (χ3n) is 8.80. The minimum atomic E-state index is 0.193. The first-order chi connectivity index (χ1) is 24.5. The predicted octanol–water partition coefficient (Wildman–Crippen LogP) is 14.4. The van der Waals surface area contributed by atoms with Crippen molar-refractivity contribution < 1.29 is 0 Å². The Morgan fingerprint density at radius 2 is 1.02 bits per heavy atom. The summed E-state index contributed by atoms with van der Waals surface area (Å²) in [7, 11) is 0. The SMILES string of the molecule is CC1(C)CC(/C=C/C=C2C=C(c3ccccc3)SC(c3ccccc3)=C2)=CC(=C/C=C/c2cc(-c3ccccc3)[s+]c(-c3ccccc3)c2)/C1. The summed E-state index contributed by atoms with van der Waals surface area (Å²) in [4.78, 5) is 5.08.